The highest BCUT2D eigenvalue weighted by molar-refractivity contribution is 6.32. The van der Waals surface area contributed by atoms with Gasteiger partial charge in [-0.15, -0.1) is 0 Å². The lowest BCUT2D eigenvalue weighted by Crippen LogP contribution is -2.03. The van der Waals surface area contributed by atoms with Crippen LogP contribution in [0.2, 0.25) is 0 Å². The Hall–Kier alpha value is -7.89. The molecule has 0 unspecified atom stereocenters. The van der Waals surface area contributed by atoms with Gasteiger partial charge in [-0.1, -0.05) is 170 Å². The van der Waals surface area contributed by atoms with Crippen LogP contribution in [-0.2, 0) is 0 Å². The summed E-state index contributed by atoms with van der Waals surface area (Å²) in [6, 6.07) is 70.8. The predicted octanol–water partition coefficient (Wildman–Crippen LogP) is 13.3. The van der Waals surface area contributed by atoms with Crippen LogP contribution in [0.1, 0.15) is 0 Å². The quantitative estimate of drug-likeness (QED) is 0.171. The first-order valence-corrected chi connectivity index (χ1v) is 19.6. The first-order chi connectivity index (χ1) is 28.8. The summed E-state index contributed by atoms with van der Waals surface area (Å²) in [5.74, 6) is 1.89. The molecule has 270 valence electrons. The summed E-state index contributed by atoms with van der Waals surface area (Å²) in [6.45, 7) is 0. The number of aromatic nitrogens is 5. The van der Waals surface area contributed by atoms with Gasteiger partial charge >= 0.3 is 0 Å². The van der Waals surface area contributed by atoms with E-state index in [1.165, 1.54) is 60.3 Å². The molecule has 5 heteroatoms. The summed E-state index contributed by atoms with van der Waals surface area (Å²) in [5, 5.41) is 6.07. The van der Waals surface area contributed by atoms with Crippen molar-refractivity contribution < 1.29 is 0 Å². The predicted molar refractivity (Wildman–Crippen MR) is 238 cm³/mol. The van der Waals surface area contributed by atoms with Crippen LogP contribution in [0.25, 0.3) is 111 Å². The van der Waals surface area contributed by atoms with Crippen molar-refractivity contribution in [2.75, 3.05) is 0 Å². The molecule has 4 aromatic heterocycles. The number of hydrogen-bond acceptors (Lipinski definition) is 3. The number of fused-ring (bicyclic) bond motifs is 3. The maximum absolute atomic E-state index is 5.20. The maximum atomic E-state index is 5.20. The molecule has 0 aliphatic heterocycles. The van der Waals surface area contributed by atoms with Crippen molar-refractivity contribution in [1.29, 1.82) is 0 Å². The average molecular weight is 740 g/mol. The Morgan fingerprint density at radius 2 is 0.845 bits per heavy atom. The number of nitrogens with zero attached hydrogens (tertiary/aromatic N) is 5. The number of rotatable bonds is 6. The number of benzene rings is 8. The van der Waals surface area contributed by atoms with Crippen LogP contribution < -0.4 is 0 Å². The summed E-state index contributed by atoms with van der Waals surface area (Å²) < 4.78 is 4.96. The molecule has 0 saturated heterocycles. The van der Waals surface area contributed by atoms with Crippen molar-refractivity contribution in [3.8, 4) is 62.2 Å². The van der Waals surface area contributed by atoms with E-state index >= 15 is 0 Å². The average Bonchev–Trinajstić information content (AvgIpc) is 3.79. The van der Waals surface area contributed by atoms with E-state index in [0.717, 1.165) is 33.4 Å². The van der Waals surface area contributed by atoms with Gasteiger partial charge in [-0.25, -0.2) is 15.0 Å². The van der Waals surface area contributed by atoms with Crippen LogP contribution in [0.3, 0.4) is 0 Å². The summed E-state index contributed by atoms with van der Waals surface area (Å²) in [5.41, 5.74) is 13.2. The second kappa shape index (κ2) is 12.8. The Bertz CT molecular complexity index is 3420. The normalized spacial score (nSPS) is 11.8. The van der Waals surface area contributed by atoms with Crippen molar-refractivity contribution >= 4 is 49.0 Å². The van der Waals surface area contributed by atoms with Gasteiger partial charge in [-0.3, -0.25) is 0 Å². The summed E-state index contributed by atoms with van der Waals surface area (Å²) >= 11 is 0. The molecule has 0 fully saturated rings. The molecule has 5 nitrogen and oxygen atoms in total. The van der Waals surface area contributed by atoms with Gasteiger partial charge < -0.3 is 8.97 Å². The third kappa shape index (κ3) is 4.80. The third-order valence-electron chi connectivity index (χ3n) is 11.5. The van der Waals surface area contributed by atoms with Crippen LogP contribution in [0, 0.1) is 0 Å². The zero-order chi connectivity index (χ0) is 38.2. The molecular formula is C53H33N5. The van der Waals surface area contributed by atoms with Crippen molar-refractivity contribution in [3.05, 3.63) is 200 Å². The van der Waals surface area contributed by atoms with Crippen LogP contribution in [0.5, 0.6) is 0 Å². The third-order valence-corrected chi connectivity index (χ3v) is 11.5. The van der Waals surface area contributed by atoms with Gasteiger partial charge in [0.25, 0.3) is 0 Å². The lowest BCUT2D eigenvalue weighted by atomic mass is 9.97. The highest BCUT2D eigenvalue weighted by Gasteiger charge is 2.27. The van der Waals surface area contributed by atoms with Crippen LogP contribution in [-0.4, -0.2) is 23.9 Å². The zero-order valence-electron chi connectivity index (χ0n) is 31.3. The molecule has 58 heavy (non-hydrogen) atoms. The van der Waals surface area contributed by atoms with E-state index in [9.17, 15) is 0 Å². The Labute approximate surface area is 334 Å². The number of para-hydroxylation sites is 2. The molecule has 0 spiro atoms. The van der Waals surface area contributed by atoms with E-state index in [1.807, 2.05) is 36.4 Å². The second-order valence-electron chi connectivity index (χ2n) is 14.8. The first-order valence-electron chi connectivity index (χ1n) is 19.6. The minimum Gasteiger partial charge on any atom is -0.308 e. The van der Waals surface area contributed by atoms with Crippen LogP contribution in [0.15, 0.2) is 200 Å². The van der Waals surface area contributed by atoms with Gasteiger partial charge in [0.05, 0.1) is 33.4 Å². The first kappa shape index (κ1) is 32.4. The van der Waals surface area contributed by atoms with E-state index in [2.05, 4.69) is 173 Å². The molecular weight excluding hydrogens is 707 g/mol. The standard InChI is InChI=1S/C53H33N5/c1-5-18-34(19-6-1)46-41-32-33-45-48-47-39(38-26-13-15-29-42(38)58(50(41)48)49(46)35-20-7-2-8-21-35)28-17-31-44(47)57(45)43-30-16-14-27-40(43)53-55-51(36-22-9-3-10-23-36)54-52(56-53)37-24-11-4-12-25-37/h1-33H. The SMILES string of the molecule is c1ccc(-c2nc(-c3ccccc3)nc(-c3ccccc3-n3c4cccc5c6ccccc6n6c(-c7ccccc7)c(-c7ccccc7)c7ccc3c(c54)c76)n2)cc1. The largest absolute Gasteiger partial charge is 0.308 e. The Morgan fingerprint density at radius 1 is 0.328 bits per heavy atom. The fourth-order valence-electron chi connectivity index (χ4n) is 9.09. The van der Waals surface area contributed by atoms with E-state index in [1.54, 1.807) is 0 Å². The van der Waals surface area contributed by atoms with Gasteiger partial charge in [0, 0.05) is 43.8 Å². The molecule has 4 heterocycles. The van der Waals surface area contributed by atoms with Crippen LogP contribution >= 0.6 is 0 Å². The summed E-state index contributed by atoms with van der Waals surface area (Å²) in [4.78, 5) is 15.4. The Kier molecular flexibility index (Phi) is 7.16. The van der Waals surface area contributed by atoms with Crippen molar-refractivity contribution in [3.63, 3.8) is 0 Å². The van der Waals surface area contributed by atoms with E-state index in [0.29, 0.717) is 17.5 Å². The minimum absolute atomic E-state index is 0.620. The lowest BCUT2D eigenvalue weighted by Gasteiger charge is -2.15. The molecule has 0 atom stereocenters. The second-order valence-corrected chi connectivity index (χ2v) is 14.8. The van der Waals surface area contributed by atoms with E-state index in [-0.39, 0.29) is 0 Å². The molecule has 12 aromatic rings. The minimum atomic E-state index is 0.620. The molecule has 0 N–H and O–H groups in total. The fraction of sp³-hybridized carbons (Fsp3) is 0. The summed E-state index contributed by atoms with van der Waals surface area (Å²) in [7, 11) is 0. The maximum Gasteiger partial charge on any atom is 0.166 e. The Balaban J connectivity index is 1.23. The van der Waals surface area contributed by atoms with Crippen molar-refractivity contribution in [2.24, 2.45) is 0 Å². The topological polar surface area (TPSA) is 48.0 Å². The molecule has 0 amide bonds. The zero-order valence-corrected chi connectivity index (χ0v) is 31.3. The van der Waals surface area contributed by atoms with Gasteiger partial charge in [-0.05, 0) is 46.8 Å². The summed E-state index contributed by atoms with van der Waals surface area (Å²) in [6.07, 6.45) is 0. The lowest BCUT2D eigenvalue weighted by molar-refractivity contribution is 1.06. The molecule has 0 bridgehead atoms. The fourth-order valence-corrected chi connectivity index (χ4v) is 9.09. The molecule has 0 aliphatic carbocycles. The highest BCUT2D eigenvalue weighted by Crippen LogP contribution is 2.49. The van der Waals surface area contributed by atoms with Gasteiger partial charge in [-0.2, -0.15) is 0 Å². The van der Waals surface area contributed by atoms with Crippen LogP contribution in [0.4, 0.5) is 0 Å². The van der Waals surface area contributed by atoms with Crippen molar-refractivity contribution in [2.45, 2.75) is 0 Å². The molecule has 0 aliphatic rings. The molecule has 12 rings (SSSR count). The molecule has 0 radical (unpaired) electrons. The monoisotopic (exact) mass is 739 g/mol. The highest BCUT2D eigenvalue weighted by atomic mass is 15.1. The number of hydrogen-bond donors (Lipinski definition) is 0. The van der Waals surface area contributed by atoms with Gasteiger partial charge in [0.1, 0.15) is 0 Å². The molecule has 8 aromatic carbocycles. The van der Waals surface area contributed by atoms with Crippen molar-refractivity contribution in [1.82, 2.24) is 23.9 Å². The Morgan fingerprint density at radius 3 is 1.53 bits per heavy atom. The van der Waals surface area contributed by atoms with Gasteiger partial charge in [0.15, 0.2) is 17.5 Å². The molecule has 0 saturated carbocycles. The van der Waals surface area contributed by atoms with E-state index < -0.39 is 0 Å². The van der Waals surface area contributed by atoms with E-state index in [4.69, 9.17) is 15.0 Å². The smallest absolute Gasteiger partial charge is 0.166 e. The van der Waals surface area contributed by atoms with Gasteiger partial charge in [0.2, 0.25) is 0 Å².